The van der Waals surface area contributed by atoms with Crippen LogP contribution in [0.5, 0.6) is 0 Å². The topological polar surface area (TPSA) is 66.8 Å². The standard InChI is InChI=1S/C17H24N6/c1-13-12-14(2)22-16(21-13)4-9-18-15-5-10-23(11-6-15)17-19-7-3-8-20-17/h3,7-8,12,15,18H,4-6,9-11H2,1-2H3. The van der Waals surface area contributed by atoms with Gasteiger partial charge in [0, 0.05) is 55.9 Å². The van der Waals surface area contributed by atoms with Crippen molar-refractivity contribution in [2.75, 3.05) is 24.5 Å². The first kappa shape index (κ1) is 15.8. The van der Waals surface area contributed by atoms with Crippen molar-refractivity contribution in [2.24, 2.45) is 0 Å². The van der Waals surface area contributed by atoms with Crippen molar-refractivity contribution in [3.8, 4) is 0 Å². The molecule has 0 saturated carbocycles. The van der Waals surface area contributed by atoms with E-state index in [0.717, 1.165) is 62.1 Å². The van der Waals surface area contributed by atoms with E-state index in [9.17, 15) is 0 Å². The summed E-state index contributed by atoms with van der Waals surface area (Å²) in [5.74, 6) is 1.78. The minimum atomic E-state index is 0.556. The van der Waals surface area contributed by atoms with Gasteiger partial charge in [-0.1, -0.05) is 0 Å². The first-order chi connectivity index (χ1) is 11.2. The number of nitrogens with zero attached hydrogens (tertiary/aromatic N) is 5. The van der Waals surface area contributed by atoms with Crippen molar-refractivity contribution < 1.29 is 0 Å². The molecule has 3 heterocycles. The molecule has 0 aliphatic carbocycles. The Kier molecular flexibility index (Phi) is 5.12. The minimum absolute atomic E-state index is 0.556. The van der Waals surface area contributed by atoms with E-state index in [1.54, 1.807) is 12.4 Å². The average molecular weight is 312 g/mol. The predicted molar refractivity (Wildman–Crippen MR) is 90.5 cm³/mol. The molecule has 0 bridgehead atoms. The number of aromatic nitrogens is 4. The Bertz CT molecular complexity index is 602. The molecule has 0 aromatic carbocycles. The second kappa shape index (κ2) is 7.46. The molecular formula is C17H24N6. The van der Waals surface area contributed by atoms with Crippen LogP contribution >= 0.6 is 0 Å². The van der Waals surface area contributed by atoms with Gasteiger partial charge >= 0.3 is 0 Å². The summed E-state index contributed by atoms with van der Waals surface area (Å²) in [5.41, 5.74) is 2.09. The van der Waals surface area contributed by atoms with E-state index < -0.39 is 0 Å². The Morgan fingerprint density at radius 2 is 1.74 bits per heavy atom. The van der Waals surface area contributed by atoms with Crippen molar-refractivity contribution in [2.45, 2.75) is 39.2 Å². The van der Waals surface area contributed by atoms with Crippen molar-refractivity contribution in [3.63, 3.8) is 0 Å². The maximum Gasteiger partial charge on any atom is 0.225 e. The van der Waals surface area contributed by atoms with Crippen molar-refractivity contribution in [1.82, 2.24) is 25.3 Å². The quantitative estimate of drug-likeness (QED) is 0.906. The summed E-state index contributed by atoms with van der Waals surface area (Å²) in [4.78, 5) is 19.9. The first-order valence-electron chi connectivity index (χ1n) is 8.27. The van der Waals surface area contributed by atoms with E-state index in [0.29, 0.717) is 6.04 Å². The number of nitrogens with one attached hydrogen (secondary N) is 1. The Balaban J connectivity index is 1.42. The third-order valence-electron chi connectivity index (χ3n) is 4.14. The molecule has 122 valence electrons. The Morgan fingerprint density at radius 1 is 1.09 bits per heavy atom. The third kappa shape index (κ3) is 4.45. The molecule has 0 spiro atoms. The molecule has 1 saturated heterocycles. The highest BCUT2D eigenvalue weighted by molar-refractivity contribution is 5.29. The highest BCUT2D eigenvalue weighted by Gasteiger charge is 2.20. The van der Waals surface area contributed by atoms with Gasteiger partial charge in [-0.2, -0.15) is 0 Å². The summed E-state index contributed by atoms with van der Waals surface area (Å²) in [6, 6.07) is 4.42. The van der Waals surface area contributed by atoms with Gasteiger partial charge in [0.25, 0.3) is 0 Å². The molecule has 3 rings (SSSR count). The summed E-state index contributed by atoms with van der Waals surface area (Å²) in [6.45, 7) is 6.97. The van der Waals surface area contributed by atoms with E-state index in [-0.39, 0.29) is 0 Å². The van der Waals surface area contributed by atoms with Crippen LogP contribution in [0.4, 0.5) is 5.95 Å². The van der Waals surface area contributed by atoms with E-state index in [2.05, 4.69) is 30.2 Å². The Morgan fingerprint density at radius 3 is 2.39 bits per heavy atom. The SMILES string of the molecule is Cc1cc(C)nc(CCNC2CCN(c3ncccn3)CC2)n1. The van der Waals surface area contributed by atoms with E-state index in [1.807, 2.05) is 26.0 Å². The van der Waals surface area contributed by atoms with Crippen molar-refractivity contribution in [1.29, 1.82) is 0 Å². The number of anilines is 1. The molecular weight excluding hydrogens is 288 g/mol. The molecule has 2 aromatic rings. The smallest absolute Gasteiger partial charge is 0.225 e. The molecule has 1 aliphatic rings. The lowest BCUT2D eigenvalue weighted by Crippen LogP contribution is -2.43. The van der Waals surface area contributed by atoms with Crippen LogP contribution in [0.2, 0.25) is 0 Å². The molecule has 1 aliphatic heterocycles. The lowest BCUT2D eigenvalue weighted by molar-refractivity contribution is 0.413. The van der Waals surface area contributed by atoms with Gasteiger partial charge < -0.3 is 10.2 Å². The molecule has 1 fully saturated rings. The zero-order valence-corrected chi connectivity index (χ0v) is 13.9. The second-order valence-electron chi connectivity index (χ2n) is 6.08. The number of rotatable bonds is 5. The molecule has 23 heavy (non-hydrogen) atoms. The van der Waals surface area contributed by atoms with Crippen LogP contribution in [-0.2, 0) is 6.42 Å². The monoisotopic (exact) mass is 312 g/mol. The zero-order chi connectivity index (χ0) is 16.1. The maximum absolute atomic E-state index is 4.49. The van der Waals surface area contributed by atoms with Gasteiger partial charge in [0.15, 0.2) is 0 Å². The van der Waals surface area contributed by atoms with Crippen LogP contribution in [0.1, 0.15) is 30.1 Å². The van der Waals surface area contributed by atoms with Crippen LogP contribution in [-0.4, -0.2) is 45.6 Å². The summed E-state index contributed by atoms with van der Waals surface area (Å²) < 4.78 is 0. The summed E-state index contributed by atoms with van der Waals surface area (Å²) in [6.07, 6.45) is 6.72. The average Bonchev–Trinajstić information content (AvgIpc) is 2.55. The number of hydrogen-bond acceptors (Lipinski definition) is 6. The number of hydrogen-bond donors (Lipinski definition) is 1. The molecule has 0 radical (unpaired) electrons. The van der Waals surface area contributed by atoms with Gasteiger partial charge in [0.2, 0.25) is 5.95 Å². The number of aryl methyl sites for hydroxylation is 2. The number of piperidine rings is 1. The van der Waals surface area contributed by atoms with Crippen LogP contribution in [0.15, 0.2) is 24.5 Å². The van der Waals surface area contributed by atoms with Crippen molar-refractivity contribution >= 4 is 5.95 Å². The van der Waals surface area contributed by atoms with E-state index in [4.69, 9.17) is 0 Å². The van der Waals surface area contributed by atoms with E-state index >= 15 is 0 Å². The Hall–Kier alpha value is -2.08. The van der Waals surface area contributed by atoms with Gasteiger partial charge in [-0.25, -0.2) is 19.9 Å². The highest BCUT2D eigenvalue weighted by atomic mass is 15.3. The van der Waals surface area contributed by atoms with Crippen LogP contribution in [0.3, 0.4) is 0 Å². The summed E-state index contributed by atoms with van der Waals surface area (Å²) in [5, 5.41) is 3.63. The van der Waals surface area contributed by atoms with Gasteiger partial charge in [0.1, 0.15) is 5.82 Å². The Labute approximate surface area is 137 Å². The normalized spacial score (nSPS) is 15.8. The largest absolute Gasteiger partial charge is 0.341 e. The fourth-order valence-electron chi connectivity index (χ4n) is 3.04. The maximum atomic E-state index is 4.49. The predicted octanol–water partition coefficient (Wildman–Crippen LogP) is 1.68. The van der Waals surface area contributed by atoms with Gasteiger partial charge in [-0.15, -0.1) is 0 Å². The lowest BCUT2D eigenvalue weighted by atomic mass is 10.1. The highest BCUT2D eigenvalue weighted by Crippen LogP contribution is 2.15. The van der Waals surface area contributed by atoms with Gasteiger partial charge in [0.05, 0.1) is 0 Å². The van der Waals surface area contributed by atoms with Crippen LogP contribution in [0, 0.1) is 13.8 Å². The van der Waals surface area contributed by atoms with E-state index in [1.165, 1.54) is 0 Å². The second-order valence-corrected chi connectivity index (χ2v) is 6.08. The zero-order valence-electron chi connectivity index (χ0n) is 13.9. The lowest BCUT2D eigenvalue weighted by Gasteiger charge is -2.32. The fourth-order valence-corrected chi connectivity index (χ4v) is 3.04. The molecule has 1 N–H and O–H groups in total. The van der Waals surface area contributed by atoms with Crippen LogP contribution in [0.25, 0.3) is 0 Å². The van der Waals surface area contributed by atoms with Gasteiger partial charge in [-0.3, -0.25) is 0 Å². The molecule has 2 aromatic heterocycles. The summed E-state index contributed by atoms with van der Waals surface area (Å²) >= 11 is 0. The van der Waals surface area contributed by atoms with Crippen LogP contribution < -0.4 is 10.2 Å². The van der Waals surface area contributed by atoms with Gasteiger partial charge in [-0.05, 0) is 38.8 Å². The van der Waals surface area contributed by atoms with Crippen molar-refractivity contribution in [3.05, 3.63) is 41.7 Å². The molecule has 6 heteroatoms. The third-order valence-corrected chi connectivity index (χ3v) is 4.14. The summed E-state index contributed by atoms with van der Waals surface area (Å²) in [7, 11) is 0. The molecule has 0 amide bonds. The molecule has 6 nitrogen and oxygen atoms in total. The first-order valence-corrected chi connectivity index (χ1v) is 8.27. The fraction of sp³-hybridized carbons (Fsp3) is 0.529. The minimum Gasteiger partial charge on any atom is -0.341 e. The molecule has 0 unspecified atom stereocenters. The molecule has 0 atom stereocenters.